The van der Waals surface area contributed by atoms with Crippen LogP contribution in [-0.4, -0.2) is 77.7 Å². The first-order valence-electron chi connectivity index (χ1n) is 18.4. The van der Waals surface area contributed by atoms with Crippen LogP contribution >= 0.6 is 0 Å². The number of imidazole rings is 2. The van der Waals surface area contributed by atoms with Crippen molar-refractivity contribution < 1.29 is 24.2 Å². The van der Waals surface area contributed by atoms with Crippen LogP contribution in [0, 0.1) is 5.92 Å². The van der Waals surface area contributed by atoms with E-state index < -0.39 is 17.7 Å². The highest BCUT2D eigenvalue weighted by Gasteiger charge is 2.38. The Hall–Kier alpha value is -5.65. The normalized spacial score (nSPS) is 18.2. The molecule has 2 aliphatic heterocycles. The highest BCUT2D eigenvalue weighted by Crippen LogP contribution is 2.35. The molecule has 4 heterocycles. The van der Waals surface area contributed by atoms with Gasteiger partial charge in [-0.2, -0.15) is 0 Å². The first kappa shape index (κ1) is 35.7. The summed E-state index contributed by atoms with van der Waals surface area (Å²) in [6, 6.07) is 19.9. The van der Waals surface area contributed by atoms with Crippen LogP contribution in [0.1, 0.15) is 84.0 Å². The van der Waals surface area contributed by atoms with Gasteiger partial charge in [-0.05, 0) is 92.0 Å². The number of fused-ring (bicyclic) bond motifs is 1. The maximum atomic E-state index is 13.4. The van der Waals surface area contributed by atoms with Gasteiger partial charge in [0, 0.05) is 18.7 Å². The van der Waals surface area contributed by atoms with Crippen molar-refractivity contribution in [3.8, 4) is 33.6 Å². The summed E-state index contributed by atoms with van der Waals surface area (Å²) in [6.07, 6.45) is 5.46. The zero-order chi connectivity index (χ0) is 37.4. The van der Waals surface area contributed by atoms with Crippen LogP contribution < -0.4 is 5.32 Å². The standard InChI is InChI=1S/C41H47N7O5/c1-24(2)35(46-39(50)51)38(49)47-18-6-8-33(47)36-43-23-32(45-36)30-17-16-28-20-27(14-15-29(28)21-30)25-10-12-26(13-11-25)31-22-42-37(44-31)34-9-7-19-48(34)40(52)53-41(3,4)5/h10-17,20-24,33-35,46H,6-9,18-19H2,1-5H3,(H,42,44)(H,43,45)(H,50,51)/t33-,34?,35-/m0/s1. The van der Waals surface area contributed by atoms with Crippen molar-refractivity contribution in [2.45, 2.75) is 84.0 Å². The Balaban J connectivity index is 1.04. The fourth-order valence-electron chi connectivity index (χ4n) is 7.47. The summed E-state index contributed by atoms with van der Waals surface area (Å²) >= 11 is 0. The maximum Gasteiger partial charge on any atom is 0.410 e. The molecule has 12 heteroatoms. The highest BCUT2D eigenvalue weighted by molar-refractivity contribution is 5.91. The van der Waals surface area contributed by atoms with Gasteiger partial charge in [0.15, 0.2) is 0 Å². The number of hydrogen-bond donors (Lipinski definition) is 4. The summed E-state index contributed by atoms with van der Waals surface area (Å²) in [5.41, 5.74) is 5.41. The van der Waals surface area contributed by atoms with E-state index in [4.69, 9.17) is 4.74 Å². The van der Waals surface area contributed by atoms with Crippen molar-refractivity contribution in [3.05, 3.63) is 84.7 Å². The van der Waals surface area contributed by atoms with Gasteiger partial charge in [-0.1, -0.05) is 62.4 Å². The van der Waals surface area contributed by atoms with Crippen LogP contribution in [0.4, 0.5) is 9.59 Å². The van der Waals surface area contributed by atoms with E-state index in [-0.39, 0.29) is 30.0 Å². The molecule has 276 valence electrons. The monoisotopic (exact) mass is 717 g/mol. The van der Waals surface area contributed by atoms with Gasteiger partial charge >= 0.3 is 12.2 Å². The largest absolute Gasteiger partial charge is 0.465 e. The van der Waals surface area contributed by atoms with E-state index >= 15 is 0 Å². The summed E-state index contributed by atoms with van der Waals surface area (Å²) in [5.74, 6) is 1.08. The number of hydrogen-bond acceptors (Lipinski definition) is 6. The van der Waals surface area contributed by atoms with Crippen LogP contribution in [0.3, 0.4) is 0 Å². The molecule has 2 saturated heterocycles. The number of carboxylic acid groups (broad SMARTS) is 1. The smallest absolute Gasteiger partial charge is 0.410 e. The van der Waals surface area contributed by atoms with Crippen molar-refractivity contribution in [2.75, 3.05) is 13.1 Å². The first-order chi connectivity index (χ1) is 25.3. The molecule has 2 fully saturated rings. The molecule has 3 amide bonds. The summed E-state index contributed by atoms with van der Waals surface area (Å²) in [6.45, 7) is 10.5. The second-order valence-corrected chi connectivity index (χ2v) is 15.4. The van der Waals surface area contributed by atoms with E-state index in [0.29, 0.717) is 18.9 Å². The van der Waals surface area contributed by atoms with Gasteiger partial charge in [-0.25, -0.2) is 19.6 Å². The molecule has 3 aromatic carbocycles. The zero-order valence-electron chi connectivity index (χ0n) is 30.8. The van der Waals surface area contributed by atoms with Crippen molar-refractivity contribution in [3.63, 3.8) is 0 Å². The van der Waals surface area contributed by atoms with E-state index in [0.717, 1.165) is 75.9 Å². The minimum absolute atomic E-state index is 0.132. The van der Waals surface area contributed by atoms with E-state index in [1.807, 2.05) is 40.8 Å². The molecule has 0 aliphatic carbocycles. The number of carbonyl (C=O) groups excluding carboxylic acids is 2. The number of aromatic nitrogens is 4. The lowest BCUT2D eigenvalue weighted by Gasteiger charge is -2.29. The molecule has 4 N–H and O–H groups in total. The summed E-state index contributed by atoms with van der Waals surface area (Å²) < 4.78 is 5.64. The Kier molecular flexibility index (Phi) is 9.71. The molecule has 7 rings (SSSR count). The van der Waals surface area contributed by atoms with Crippen molar-refractivity contribution >= 4 is 28.9 Å². The summed E-state index contributed by atoms with van der Waals surface area (Å²) in [5, 5.41) is 13.9. The molecule has 2 aromatic heterocycles. The second-order valence-electron chi connectivity index (χ2n) is 15.4. The number of H-pyrrole nitrogens is 2. The molecule has 5 aromatic rings. The number of aromatic amines is 2. The lowest BCUT2D eigenvalue weighted by atomic mass is 9.98. The van der Waals surface area contributed by atoms with Crippen molar-refractivity contribution in [2.24, 2.45) is 5.92 Å². The number of nitrogens with zero attached hydrogens (tertiary/aromatic N) is 4. The Morgan fingerprint density at radius 2 is 1.28 bits per heavy atom. The number of benzene rings is 3. The average Bonchev–Trinajstić information content (AvgIpc) is 3.95. The third kappa shape index (κ3) is 7.62. The molecule has 3 atom stereocenters. The maximum absolute atomic E-state index is 13.4. The Morgan fingerprint density at radius 1 is 0.774 bits per heavy atom. The second kappa shape index (κ2) is 14.4. The van der Waals surface area contributed by atoms with E-state index in [1.54, 1.807) is 16.0 Å². The highest BCUT2D eigenvalue weighted by atomic mass is 16.6. The number of rotatable bonds is 8. The van der Waals surface area contributed by atoms with Crippen LogP contribution in [-0.2, 0) is 9.53 Å². The molecule has 12 nitrogen and oxygen atoms in total. The molecule has 0 spiro atoms. The van der Waals surface area contributed by atoms with Crippen LogP contribution in [0.2, 0.25) is 0 Å². The molecule has 2 aliphatic rings. The summed E-state index contributed by atoms with van der Waals surface area (Å²) in [7, 11) is 0. The zero-order valence-corrected chi connectivity index (χ0v) is 30.8. The molecule has 53 heavy (non-hydrogen) atoms. The third-order valence-electron chi connectivity index (χ3n) is 10.1. The molecular weight excluding hydrogens is 670 g/mol. The molecule has 0 saturated carbocycles. The fourth-order valence-corrected chi connectivity index (χ4v) is 7.47. The Labute approximate surface area is 309 Å². The average molecular weight is 718 g/mol. The van der Waals surface area contributed by atoms with Gasteiger partial charge in [-0.15, -0.1) is 0 Å². The SMILES string of the molecule is CC(C)[C@H](NC(=O)O)C(=O)N1CCC[C@H]1c1ncc(-c2ccc3cc(-c4ccc(-c5cnc(C6CCCN6C(=O)OC(C)(C)C)[nH]5)cc4)ccc3c2)[nH]1. The molecule has 0 radical (unpaired) electrons. The predicted octanol–water partition coefficient (Wildman–Crippen LogP) is 8.31. The quantitative estimate of drug-likeness (QED) is 0.126. The number of carbonyl (C=O) groups is 3. The number of nitrogens with one attached hydrogen (secondary N) is 3. The summed E-state index contributed by atoms with van der Waals surface area (Å²) in [4.78, 5) is 57.3. The van der Waals surface area contributed by atoms with Crippen LogP contribution in [0.25, 0.3) is 44.4 Å². The minimum atomic E-state index is -1.20. The van der Waals surface area contributed by atoms with Crippen molar-refractivity contribution in [1.82, 2.24) is 35.1 Å². The van der Waals surface area contributed by atoms with E-state index in [9.17, 15) is 19.5 Å². The molecule has 0 bridgehead atoms. The number of likely N-dealkylation sites (tertiary alicyclic amines) is 2. The number of amides is 3. The van der Waals surface area contributed by atoms with Gasteiger partial charge in [0.2, 0.25) is 5.91 Å². The first-order valence-corrected chi connectivity index (χ1v) is 18.4. The van der Waals surface area contributed by atoms with Crippen LogP contribution in [0.5, 0.6) is 0 Å². The number of ether oxygens (including phenoxy) is 1. The van der Waals surface area contributed by atoms with Crippen LogP contribution in [0.15, 0.2) is 73.1 Å². The van der Waals surface area contributed by atoms with E-state index in [2.05, 4.69) is 85.9 Å². The van der Waals surface area contributed by atoms with Gasteiger partial charge in [0.1, 0.15) is 23.3 Å². The third-order valence-corrected chi connectivity index (χ3v) is 10.1. The minimum Gasteiger partial charge on any atom is -0.465 e. The van der Waals surface area contributed by atoms with Crippen molar-refractivity contribution in [1.29, 1.82) is 0 Å². The van der Waals surface area contributed by atoms with Gasteiger partial charge in [-0.3, -0.25) is 9.69 Å². The lowest BCUT2D eigenvalue weighted by molar-refractivity contribution is -0.135. The van der Waals surface area contributed by atoms with Gasteiger partial charge in [0.25, 0.3) is 0 Å². The van der Waals surface area contributed by atoms with Gasteiger partial charge in [0.05, 0.1) is 35.9 Å². The predicted molar refractivity (Wildman–Crippen MR) is 203 cm³/mol. The topological polar surface area (TPSA) is 157 Å². The molecular formula is C41H47N7O5. The Morgan fingerprint density at radius 3 is 1.87 bits per heavy atom. The Bertz CT molecular complexity index is 2130. The van der Waals surface area contributed by atoms with E-state index in [1.165, 1.54) is 0 Å². The molecule has 1 unspecified atom stereocenters. The van der Waals surface area contributed by atoms with Gasteiger partial charge < -0.3 is 30.0 Å². The fraction of sp³-hybridized carbons (Fsp3) is 0.390. The lowest BCUT2D eigenvalue weighted by Crippen LogP contribution is -2.50.